The van der Waals surface area contributed by atoms with Crippen LogP contribution in [0, 0.1) is 0 Å². The molecule has 8 heteroatoms. The van der Waals surface area contributed by atoms with Crippen molar-refractivity contribution in [2.75, 3.05) is 33.4 Å². The number of hydrogen-bond acceptors (Lipinski definition) is 5. The summed E-state index contributed by atoms with van der Waals surface area (Å²) in [5.74, 6) is 0. The van der Waals surface area contributed by atoms with Crippen molar-refractivity contribution in [2.24, 2.45) is 0 Å². The molecular weight excluding hydrogens is 292 g/mol. The first-order valence-corrected chi connectivity index (χ1v) is 7.58. The summed E-state index contributed by atoms with van der Waals surface area (Å²) in [7, 11) is -2.05. The summed E-state index contributed by atoms with van der Waals surface area (Å²) in [5, 5.41) is 0.396. The molecule has 1 aliphatic rings. The second-order valence-electron chi connectivity index (χ2n) is 4.13. The molecule has 1 aromatic heterocycles. The topological polar surface area (TPSA) is 68.7 Å². The number of sulfonamides is 1. The predicted molar refractivity (Wildman–Crippen MR) is 69.6 cm³/mol. The Kier molecular flexibility index (Phi) is 4.75. The minimum atomic E-state index is -3.60. The van der Waals surface area contributed by atoms with Crippen molar-refractivity contribution in [3.05, 3.63) is 23.4 Å². The molecule has 0 unspecified atom stereocenters. The van der Waals surface area contributed by atoms with Crippen LogP contribution in [-0.2, 0) is 19.5 Å². The minimum Gasteiger partial charge on any atom is -0.382 e. The fourth-order valence-corrected chi connectivity index (χ4v) is 3.32. The van der Waals surface area contributed by atoms with Gasteiger partial charge in [0.05, 0.1) is 24.3 Å². The van der Waals surface area contributed by atoms with Crippen molar-refractivity contribution in [3.63, 3.8) is 0 Å². The lowest BCUT2D eigenvalue weighted by molar-refractivity contribution is -0.0407. The Morgan fingerprint density at radius 3 is 3.00 bits per heavy atom. The van der Waals surface area contributed by atoms with Gasteiger partial charge in [-0.2, -0.15) is 4.31 Å². The SMILES string of the molecule is COC[C@@H]1CN(S(=O)(=O)c2ccc(Cl)cn2)CCO1. The van der Waals surface area contributed by atoms with Crippen LogP contribution in [0.4, 0.5) is 0 Å². The highest BCUT2D eigenvalue weighted by Gasteiger charge is 2.31. The van der Waals surface area contributed by atoms with Crippen LogP contribution in [0.15, 0.2) is 23.4 Å². The zero-order valence-corrected chi connectivity index (χ0v) is 12.0. The first kappa shape index (κ1) is 14.7. The summed E-state index contributed by atoms with van der Waals surface area (Å²) >= 11 is 5.70. The lowest BCUT2D eigenvalue weighted by atomic mass is 10.3. The van der Waals surface area contributed by atoms with Gasteiger partial charge in [-0.15, -0.1) is 0 Å². The molecule has 0 aromatic carbocycles. The lowest BCUT2D eigenvalue weighted by Gasteiger charge is -2.31. The molecule has 19 heavy (non-hydrogen) atoms. The number of aromatic nitrogens is 1. The van der Waals surface area contributed by atoms with Crippen molar-refractivity contribution in [1.29, 1.82) is 0 Å². The zero-order chi connectivity index (χ0) is 13.9. The van der Waals surface area contributed by atoms with Crippen molar-refractivity contribution >= 4 is 21.6 Å². The van der Waals surface area contributed by atoms with Gasteiger partial charge in [0.25, 0.3) is 10.0 Å². The second-order valence-corrected chi connectivity index (χ2v) is 6.45. The van der Waals surface area contributed by atoms with E-state index in [2.05, 4.69) is 4.98 Å². The Labute approximate surface area is 117 Å². The number of pyridine rings is 1. The summed E-state index contributed by atoms with van der Waals surface area (Å²) in [6.07, 6.45) is 1.07. The third-order valence-corrected chi connectivity index (χ3v) is 4.76. The summed E-state index contributed by atoms with van der Waals surface area (Å²) in [4.78, 5) is 3.86. The van der Waals surface area contributed by atoms with Gasteiger partial charge in [0.1, 0.15) is 0 Å². The molecule has 0 aliphatic carbocycles. The van der Waals surface area contributed by atoms with Crippen LogP contribution >= 0.6 is 11.6 Å². The van der Waals surface area contributed by atoms with E-state index in [4.69, 9.17) is 21.1 Å². The number of morpholine rings is 1. The maximum Gasteiger partial charge on any atom is 0.260 e. The van der Waals surface area contributed by atoms with Crippen LogP contribution in [0.1, 0.15) is 0 Å². The summed E-state index contributed by atoms with van der Waals surface area (Å²) < 4.78 is 36.5. The van der Waals surface area contributed by atoms with Crippen LogP contribution in [0.5, 0.6) is 0 Å². The van der Waals surface area contributed by atoms with Gasteiger partial charge in [-0.3, -0.25) is 0 Å². The molecule has 0 bridgehead atoms. The van der Waals surface area contributed by atoms with Gasteiger partial charge in [0, 0.05) is 26.4 Å². The normalized spacial score (nSPS) is 21.5. The average Bonchev–Trinajstić information content (AvgIpc) is 2.40. The maximum atomic E-state index is 12.4. The molecule has 2 heterocycles. The Hall–Kier alpha value is -0.730. The Morgan fingerprint density at radius 2 is 2.37 bits per heavy atom. The molecule has 1 aromatic rings. The van der Waals surface area contributed by atoms with E-state index in [-0.39, 0.29) is 17.7 Å². The number of rotatable bonds is 4. The standard InChI is InChI=1S/C11H15ClN2O4S/c1-17-8-10-7-14(4-5-18-10)19(15,16)11-3-2-9(12)6-13-11/h2-3,6,10H,4-5,7-8H2,1H3/t10-/m0/s1. The van der Waals surface area contributed by atoms with Crippen LogP contribution < -0.4 is 0 Å². The van der Waals surface area contributed by atoms with E-state index in [1.807, 2.05) is 0 Å². The highest BCUT2D eigenvalue weighted by molar-refractivity contribution is 7.89. The van der Waals surface area contributed by atoms with Crippen molar-refractivity contribution in [1.82, 2.24) is 9.29 Å². The summed E-state index contributed by atoms with van der Waals surface area (Å²) in [5.41, 5.74) is 0. The molecule has 0 spiro atoms. The molecule has 106 valence electrons. The van der Waals surface area contributed by atoms with Gasteiger partial charge in [-0.05, 0) is 12.1 Å². The van der Waals surface area contributed by atoms with Crippen LogP contribution in [0.25, 0.3) is 0 Å². The van der Waals surface area contributed by atoms with E-state index in [9.17, 15) is 8.42 Å². The highest BCUT2D eigenvalue weighted by atomic mass is 35.5. The fraction of sp³-hybridized carbons (Fsp3) is 0.545. The molecule has 1 atom stereocenters. The number of nitrogens with zero attached hydrogens (tertiary/aromatic N) is 2. The van der Waals surface area contributed by atoms with E-state index in [0.717, 1.165) is 0 Å². The van der Waals surface area contributed by atoms with Crippen LogP contribution in [-0.4, -0.2) is 57.2 Å². The van der Waals surface area contributed by atoms with E-state index < -0.39 is 10.0 Å². The monoisotopic (exact) mass is 306 g/mol. The van der Waals surface area contributed by atoms with Crippen molar-refractivity contribution in [3.8, 4) is 0 Å². The third-order valence-electron chi connectivity index (χ3n) is 2.76. The zero-order valence-electron chi connectivity index (χ0n) is 10.5. The quantitative estimate of drug-likeness (QED) is 0.822. The average molecular weight is 307 g/mol. The predicted octanol–water partition coefficient (Wildman–Crippen LogP) is 0.771. The van der Waals surface area contributed by atoms with E-state index >= 15 is 0 Å². The number of halogens is 1. The molecule has 0 N–H and O–H groups in total. The third kappa shape index (κ3) is 3.43. The molecule has 2 rings (SSSR count). The van der Waals surface area contributed by atoms with Crippen LogP contribution in [0.2, 0.25) is 5.02 Å². The molecule has 6 nitrogen and oxygen atoms in total. The Bertz CT molecular complexity index is 518. The highest BCUT2D eigenvalue weighted by Crippen LogP contribution is 2.18. The molecule has 1 aliphatic heterocycles. The van der Waals surface area contributed by atoms with Crippen molar-refractivity contribution in [2.45, 2.75) is 11.1 Å². The molecule has 0 radical (unpaired) electrons. The number of ether oxygens (including phenoxy) is 2. The number of hydrogen-bond donors (Lipinski definition) is 0. The fourth-order valence-electron chi connectivity index (χ4n) is 1.84. The van der Waals surface area contributed by atoms with Gasteiger partial charge in [-0.1, -0.05) is 11.6 Å². The minimum absolute atomic E-state index is 0.00466. The van der Waals surface area contributed by atoms with Gasteiger partial charge in [0.2, 0.25) is 0 Å². The first-order chi connectivity index (χ1) is 9.04. The molecular formula is C11H15ClN2O4S. The molecule has 0 amide bonds. The Morgan fingerprint density at radius 1 is 1.58 bits per heavy atom. The molecule has 1 fully saturated rings. The largest absolute Gasteiger partial charge is 0.382 e. The smallest absolute Gasteiger partial charge is 0.260 e. The first-order valence-electron chi connectivity index (χ1n) is 5.76. The van der Waals surface area contributed by atoms with Gasteiger partial charge in [-0.25, -0.2) is 13.4 Å². The summed E-state index contributed by atoms with van der Waals surface area (Å²) in [6.45, 7) is 1.29. The Balaban J connectivity index is 2.17. The van der Waals surface area contributed by atoms with E-state index in [1.54, 1.807) is 7.11 Å². The second kappa shape index (κ2) is 6.15. The van der Waals surface area contributed by atoms with E-state index in [0.29, 0.717) is 24.8 Å². The molecule has 1 saturated heterocycles. The van der Waals surface area contributed by atoms with Crippen molar-refractivity contribution < 1.29 is 17.9 Å². The van der Waals surface area contributed by atoms with E-state index in [1.165, 1.54) is 22.6 Å². The van der Waals surface area contributed by atoms with Gasteiger partial charge in [0.15, 0.2) is 5.03 Å². The molecule has 0 saturated carbocycles. The van der Waals surface area contributed by atoms with Crippen LogP contribution in [0.3, 0.4) is 0 Å². The summed E-state index contributed by atoms with van der Waals surface area (Å²) in [6, 6.07) is 2.91. The number of methoxy groups -OCH3 is 1. The maximum absolute atomic E-state index is 12.4. The lowest BCUT2D eigenvalue weighted by Crippen LogP contribution is -2.47. The van der Waals surface area contributed by atoms with Gasteiger partial charge < -0.3 is 9.47 Å². The van der Waals surface area contributed by atoms with Gasteiger partial charge >= 0.3 is 0 Å².